The van der Waals surface area contributed by atoms with Gasteiger partial charge in [-0.2, -0.15) is 0 Å². The van der Waals surface area contributed by atoms with Crippen LogP contribution in [0.1, 0.15) is 42.8 Å². The third kappa shape index (κ3) is 4.13. The number of benzene rings is 1. The number of nitrogens with one attached hydrogen (secondary N) is 1. The molecule has 1 aromatic carbocycles. The number of rotatable bonds is 6. The number of aromatic nitrogens is 1. The molecule has 2 nitrogen and oxygen atoms in total. The minimum atomic E-state index is 0.413. The third-order valence-electron chi connectivity index (χ3n) is 3.22. The summed E-state index contributed by atoms with van der Waals surface area (Å²) in [6, 6.07) is 8.97. The van der Waals surface area contributed by atoms with Gasteiger partial charge in [-0.25, -0.2) is 4.98 Å². The zero-order valence-electron chi connectivity index (χ0n) is 11.3. The maximum Gasteiger partial charge on any atom is 0.0965 e. The van der Waals surface area contributed by atoms with Crippen LogP contribution in [0.3, 0.4) is 0 Å². The molecule has 4 heteroatoms. The van der Waals surface area contributed by atoms with E-state index in [4.69, 9.17) is 0 Å². The van der Waals surface area contributed by atoms with Crippen molar-refractivity contribution in [3.8, 4) is 0 Å². The Morgan fingerprint density at radius 3 is 2.63 bits per heavy atom. The van der Waals surface area contributed by atoms with Gasteiger partial charge in [-0.1, -0.05) is 41.9 Å². The lowest BCUT2D eigenvalue weighted by Gasteiger charge is -2.19. The Bertz CT molecular complexity index is 481. The maximum absolute atomic E-state index is 4.38. The molecule has 2 unspecified atom stereocenters. The molecular formula is C15H19BrN2S. The Labute approximate surface area is 127 Å². The Balaban J connectivity index is 1.94. The van der Waals surface area contributed by atoms with Gasteiger partial charge in [0, 0.05) is 34.6 Å². The first-order valence-electron chi connectivity index (χ1n) is 6.59. The highest BCUT2D eigenvalue weighted by Crippen LogP contribution is 2.22. The van der Waals surface area contributed by atoms with E-state index in [1.807, 2.05) is 11.6 Å². The fourth-order valence-corrected chi connectivity index (χ4v) is 3.04. The minimum Gasteiger partial charge on any atom is -0.309 e. The van der Waals surface area contributed by atoms with Crippen molar-refractivity contribution in [2.24, 2.45) is 0 Å². The predicted octanol–water partition coefficient (Wildman–Crippen LogP) is 4.75. The molecule has 0 amide bonds. The highest BCUT2D eigenvalue weighted by Gasteiger charge is 2.12. The maximum atomic E-state index is 4.38. The Kier molecular flexibility index (Phi) is 5.55. The molecule has 0 radical (unpaired) electrons. The van der Waals surface area contributed by atoms with E-state index in [9.17, 15) is 0 Å². The van der Waals surface area contributed by atoms with Crippen molar-refractivity contribution in [1.29, 1.82) is 0 Å². The molecule has 1 aromatic heterocycles. The largest absolute Gasteiger partial charge is 0.309 e. The molecular weight excluding hydrogens is 320 g/mol. The lowest BCUT2D eigenvalue weighted by Crippen LogP contribution is -2.25. The first-order chi connectivity index (χ1) is 9.20. The molecule has 0 saturated carbocycles. The van der Waals surface area contributed by atoms with Gasteiger partial charge in [0.25, 0.3) is 0 Å². The fourth-order valence-electron chi connectivity index (χ4n) is 2.08. The second kappa shape index (κ2) is 7.17. The average molecular weight is 339 g/mol. The van der Waals surface area contributed by atoms with Gasteiger partial charge in [-0.15, -0.1) is 11.3 Å². The standard InChI is InChI=1S/C15H19BrN2S/c1-3-14(12-4-6-13(16)7-5-12)18-10-11(2)15-17-8-9-19-15/h4-9,11,14,18H,3,10H2,1-2H3. The van der Waals surface area contributed by atoms with Gasteiger partial charge in [0.05, 0.1) is 5.01 Å². The summed E-state index contributed by atoms with van der Waals surface area (Å²) in [6.45, 7) is 5.40. The van der Waals surface area contributed by atoms with Crippen LogP contribution in [0.4, 0.5) is 0 Å². The smallest absolute Gasteiger partial charge is 0.0965 e. The second-order valence-corrected chi connectivity index (χ2v) is 6.53. The third-order valence-corrected chi connectivity index (χ3v) is 4.76. The highest BCUT2D eigenvalue weighted by atomic mass is 79.9. The number of nitrogens with zero attached hydrogens (tertiary/aromatic N) is 1. The first-order valence-corrected chi connectivity index (χ1v) is 8.26. The lowest BCUT2D eigenvalue weighted by atomic mass is 10.0. The van der Waals surface area contributed by atoms with Crippen molar-refractivity contribution in [1.82, 2.24) is 10.3 Å². The van der Waals surface area contributed by atoms with Gasteiger partial charge >= 0.3 is 0 Å². The van der Waals surface area contributed by atoms with Crippen LogP contribution < -0.4 is 5.32 Å². The summed E-state index contributed by atoms with van der Waals surface area (Å²) in [6.07, 6.45) is 2.97. The highest BCUT2D eigenvalue weighted by molar-refractivity contribution is 9.10. The van der Waals surface area contributed by atoms with Crippen molar-refractivity contribution in [2.75, 3.05) is 6.54 Å². The Hall–Kier alpha value is -0.710. The molecule has 1 N–H and O–H groups in total. The molecule has 2 aromatic rings. The molecule has 0 saturated heterocycles. The molecule has 19 heavy (non-hydrogen) atoms. The van der Waals surface area contributed by atoms with Crippen molar-refractivity contribution in [3.05, 3.63) is 50.9 Å². The van der Waals surface area contributed by atoms with E-state index in [-0.39, 0.29) is 0 Å². The summed E-state index contributed by atoms with van der Waals surface area (Å²) < 4.78 is 1.13. The molecule has 1 heterocycles. The number of thiazole rings is 1. The van der Waals surface area contributed by atoms with Gasteiger partial charge in [-0.3, -0.25) is 0 Å². The van der Waals surface area contributed by atoms with Crippen molar-refractivity contribution in [3.63, 3.8) is 0 Å². The van der Waals surface area contributed by atoms with Crippen LogP contribution in [0.5, 0.6) is 0 Å². The number of hydrogen-bond acceptors (Lipinski definition) is 3. The van der Waals surface area contributed by atoms with E-state index >= 15 is 0 Å². The minimum absolute atomic E-state index is 0.413. The zero-order valence-corrected chi connectivity index (χ0v) is 13.7. The van der Waals surface area contributed by atoms with Crippen molar-refractivity contribution in [2.45, 2.75) is 32.2 Å². The van der Waals surface area contributed by atoms with Gasteiger partial charge in [0.1, 0.15) is 0 Å². The topological polar surface area (TPSA) is 24.9 Å². The van der Waals surface area contributed by atoms with E-state index in [1.54, 1.807) is 11.3 Å². The molecule has 0 spiro atoms. The molecule has 102 valence electrons. The second-order valence-electron chi connectivity index (χ2n) is 4.69. The van der Waals surface area contributed by atoms with Crippen LogP contribution in [-0.4, -0.2) is 11.5 Å². The van der Waals surface area contributed by atoms with Crippen LogP contribution in [0.2, 0.25) is 0 Å². The van der Waals surface area contributed by atoms with Crippen LogP contribution in [-0.2, 0) is 0 Å². The molecule has 0 fully saturated rings. The molecule has 0 aliphatic carbocycles. The summed E-state index contributed by atoms with van der Waals surface area (Å²) in [4.78, 5) is 4.38. The normalized spacial score (nSPS) is 14.3. The average Bonchev–Trinajstić information content (AvgIpc) is 2.95. The van der Waals surface area contributed by atoms with Gasteiger partial charge < -0.3 is 5.32 Å². The number of hydrogen-bond donors (Lipinski definition) is 1. The van der Waals surface area contributed by atoms with Crippen LogP contribution in [0, 0.1) is 0 Å². The van der Waals surface area contributed by atoms with E-state index in [0.29, 0.717) is 12.0 Å². The van der Waals surface area contributed by atoms with E-state index < -0.39 is 0 Å². The summed E-state index contributed by atoms with van der Waals surface area (Å²) in [5, 5.41) is 6.89. The van der Waals surface area contributed by atoms with Crippen molar-refractivity contribution < 1.29 is 0 Å². The molecule has 2 rings (SSSR count). The summed E-state index contributed by atoms with van der Waals surface area (Å²) in [5.41, 5.74) is 1.34. The van der Waals surface area contributed by atoms with Crippen LogP contribution >= 0.6 is 27.3 Å². The fraction of sp³-hybridized carbons (Fsp3) is 0.400. The lowest BCUT2D eigenvalue weighted by molar-refractivity contribution is 0.494. The summed E-state index contributed by atoms with van der Waals surface area (Å²) >= 11 is 5.21. The molecule has 0 aliphatic heterocycles. The van der Waals surface area contributed by atoms with E-state index in [1.165, 1.54) is 10.6 Å². The summed E-state index contributed by atoms with van der Waals surface area (Å²) in [5.74, 6) is 0.462. The Morgan fingerprint density at radius 2 is 2.05 bits per heavy atom. The quantitative estimate of drug-likeness (QED) is 0.821. The first kappa shape index (κ1) is 14.7. The summed E-state index contributed by atoms with van der Waals surface area (Å²) in [7, 11) is 0. The predicted molar refractivity (Wildman–Crippen MR) is 85.7 cm³/mol. The molecule has 0 bridgehead atoms. The van der Waals surface area contributed by atoms with Gasteiger partial charge in [0.2, 0.25) is 0 Å². The SMILES string of the molecule is CCC(NCC(C)c1nccs1)c1ccc(Br)cc1. The number of halogens is 1. The Morgan fingerprint density at radius 1 is 1.32 bits per heavy atom. The zero-order chi connectivity index (χ0) is 13.7. The molecule has 0 aliphatic rings. The van der Waals surface area contributed by atoms with Gasteiger partial charge in [-0.05, 0) is 24.1 Å². The van der Waals surface area contributed by atoms with Crippen LogP contribution in [0.15, 0.2) is 40.3 Å². The molecule has 2 atom stereocenters. The van der Waals surface area contributed by atoms with Gasteiger partial charge in [0.15, 0.2) is 0 Å². The monoisotopic (exact) mass is 338 g/mol. The van der Waals surface area contributed by atoms with Crippen LogP contribution in [0.25, 0.3) is 0 Å². The van der Waals surface area contributed by atoms with Crippen molar-refractivity contribution >= 4 is 27.3 Å². The van der Waals surface area contributed by atoms with E-state index in [2.05, 4.69) is 64.3 Å². The van der Waals surface area contributed by atoms with E-state index in [0.717, 1.165) is 17.4 Å².